The molecule has 5 rings (SSSR count). The number of aromatic nitrogens is 3. The lowest BCUT2D eigenvalue weighted by Gasteiger charge is -1.99. The predicted octanol–water partition coefficient (Wildman–Crippen LogP) is 4.75. The summed E-state index contributed by atoms with van der Waals surface area (Å²) in [6.07, 6.45) is 2.05. The van der Waals surface area contributed by atoms with Gasteiger partial charge in [0.15, 0.2) is 5.65 Å². The van der Waals surface area contributed by atoms with Crippen LogP contribution in [0.2, 0.25) is 5.02 Å². The summed E-state index contributed by atoms with van der Waals surface area (Å²) < 4.78 is 2.13. The van der Waals surface area contributed by atoms with Crippen molar-refractivity contribution in [3.63, 3.8) is 0 Å². The highest BCUT2D eigenvalue weighted by atomic mass is 35.5. The van der Waals surface area contributed by atoms with Crippen LogP contribution in [0, 0.1) is 0 Å². The van der Waals surface area contributed by atoms with Gasteiger partial charge >= 0.3 is 0 Å². The van der Waals surface area contributed by atoms with Crippen LogP contribution in [0.4, 0.5) is 0 Å². The number of halogens is 1. The first-order valence-corrected chi connectivity index (χ1v) is 8.77. The molecular weight excluding hydrogens is 342 g/mol. The van der Waals surface area contributed by atoms with E-state index in [1.54, 1.807) is 0 Å². The Kier molecular flexibility index (Phi) is 3.47. The molecule has 0 amide bonds. The van der Waals surface area contributed by atoms with Crippen molar-refractivity contribution in [1.82, 2.24) is 14.4 Å². The highest BCUT2D eigenvalue weighted by Gasteiger charge is 2.14. The number of hydrogen-bond donors (Lipinski definition) is 0. The zero-order valence-corrected chi connectivity index (χ0v) is 14.6. The number of hydrogen-bond acceptors (Lipinski definition) is 2. The number of imidazole rings is 2. The van der Waals surface area contributed by atoms with Gasteiger partial charge in [-0.2, -0.15) is 0 Å². The average molecular weight is 356 g/mol. The largest absolute Gasteiger partial charge is 0.274 e. The maximum Gasteiger partial charge on any atom is 0.165 e. The van der Waals surface area contributed by atoms with Gasteiger partial charge in [-0.1, -0.05) is 66.2 Å². The standard InChI is InChI=1S/C22H14ClN3/c23-17-12-10-15(11-13-17)14-19-22-24-18-8-4-5-9-20(18)26(22)21(25-19)16-6-2-1-3-7-16/h1-14H/b19-14-. The number of para-hydroxylation sites is 2. The number of benzene rings is 3. The molecule has 0 aliphatic heterocycles. The molecular formula is C22H14ClN3. The van der Waals surface area contributed by atoms with E-state index < -0.39 is 0 Å². The zero-order chi connectivity index (χ0) is 17.5. The average Bonchev–Trinajstić information content (AvgIpc) is 3.22. The first-order valence-electron chi connectivity index (χ1n) is 8.39. The van der Waals surface area contributed by atoms with Crippen molar-refractivity contribution in [2.75, 3.05) is 0 Å². The fraction of sp³-hybridized carbons (Fsp3) is 0. The van der Waals surface area contributed by atoms with Crippen LogP contribution in [0.25, 0.3) is 34.1 Å². The predicted molar refractivity (Wildman–Crippen MR) is 106 cm³/mol. The third kappa shape index (κ3) is 2.45. The van der Waals surface area contributed by atoms with Gasteiger partial charge in [-0.3, -0.25) is 4.40 Å². The molecule has 0 aliphatic rings. The van der Waals surface area contributed by atoms with Crippen LogP contribution in [-0.4, -0.2) is 14.4 Å². The Balaban J connectivity index is 1.86. The van der Waals surface area contributed by atoms with Crippen molar-refractivity contribution in [3.8, 4) is 11.4 Å². The second kappa shape index (κ2) is 5.97. The number of nitrogens with zero attached hydrogens (tertiary/aromatic N) is 3. The van der Waals surface area contributed by atoms with Gasteiger partial charge in [0.25, 0.3) is 0 Å². The first-order chi connectivity index (χ1) is 12.8. The molecule has 0 spiro atoms. The molecule has 2 heterocycles. The minimum atomic E-state index is 0.722. The normalized spacial score (nSPS) is 12.3. The number of rotatable bonds is 2. The Bertz CT molecular complexity index is 1270. The smallest absolute Gasteiger partial charge is 0.165 e. The molecule has 0 saturated heterocycles. The van der Waals surface area contributed by atoms with Gasteiger partial charge in [0.05, 0.1) is 11.0 Å². The van der Waals surface area contributed by atoms with Crippen molar-refractivity contribution in [1.29, 1.82) is 0 Å². The van der Waals surface area contributed by atoms with Crippen LogP contribution >= 0.6 is 11.6 Å². The summed E-state index contributed by atoms with van der Waals surface area (Å²) >= 11 is 6.00. The Morgan fingerprint density at radius 1 is 0.769 bits per heavy atom. The quantitative estimate of drug-likeness (QED) is 0.457. The van der Waals surface area contributed by atoms with Gasteiger partial charge in [0.2, 0.25) is 0 Å². The van der Waals surface area contributed by atoms with Crippen LogP contribution in [0.15, 0.2) is 78.9 Å². The van der Waals surface area contributed by atoms with E-state index in [2.05, 4.69) is 22.6 Å². The van der Waals surface area contributed by atoms with E-state index in [-0.39, 0.29) is 0 Å². The maximum atomic E-state index is 6.00. The van der Waals surface area contributed by atoms with Gasteiger partial charge < -0.3 is 0 Å². The molecule has 0 N–H and O–H groups in total. The van der Waals surface area contributed by atoms with Crippen LogP contribution < -0.4 is 5.35 Å². The molecule has 3 nitrogen and oxygen atoms in total. The molecule has 0 bridgehead atoms. The van der Waals surface area contributed by atoms with Gasteiger partial charge in [0, 0.05) is 10.6 Å². The fourth-order valence-corrected chi connectivity index (χ4v) is 3.35. The summed E-state index contributed by atoms with van der Waals surface area (Å²) in [4.78, 5) is 9.72. The van der Waals surface area contributed by atoms with Gasteiger partial charge in [-0.15, -0.1) is 0 Å². The molecule has 0 saturated carbocycles. The summed E-state index contributed by atoms with van der Waals surface area (Å²) in [5.41, 5.74) is 5.00. The lowest BCUT2D eigenvalue weighted by atomic mass is 10.2. The van der Waals surface area contributed by atoms with Crippen LogP contribution in [0.1, 0.15) is 5.56 Å². The Hall–Kier alpha value is -3.17. The van der Waals surface area contributed by atoms with Crippen molar-refractivity contribution >= 4 is 34.4 Å². The molecule has 2 aromatic heterocycles. The van der Waals surface area contributed by atoms with Gasteiger partial charge in [0.1, 0.15) is 11.2 Å². The molecule has 0 radical (unpaired) electrons. The maximum absolute atomic E-state index is 6.00. The van der Waals surface area contributed by atoms with E-state index in [4.69, 9.17) is 21.6 Å². The highest BCUT2D eigenvalue weighted by molar-refractivity contribution is 6.30. The Morgan fingerprint density at radius 2 is 1.50 bits per heavy atom. The minimum Gasteiger partial charge on any atom is -0.274 e. The molecule has 124 valence electrons. The van der Waals surface area contributed by atoms with Crippen molar-refractivity contribution in [2.45, 2.75) is 0 Å². The fourth-order valence-electron chi connectivity index (χ4n) is 3.22. The molecule has 0 aliphatic carbocycles. The molecule has 4 heteroatoms. The molecule has 5 aromatic rings. The van der Waals surface area contributed by atoms with E-state index in [0.717, 1.165) is 44.0 Å². The van der Waals surface area contributed by atoms with E-state index >= 15 is 0 Å². The third-order valence-electron chi connectivity index (χ3n) is 4.43. The topological polar surface area (TPSA) is 30.2 Å². The summed E-state index contributed by atoms with van der Waals surface area (Å²) in [5.74, 6) is 0.898. The Labute approximate surface area is 155 Å². The molecule has 0 fully saturated rings. The summed E-state index contributed by atoms with van der Waals surface area (Å²) in [7, 11) is 0. The molecule has 26 heavy (non-hydrogen) atoms. The SMILES string of the molecule is Clc1ccc(/C=c2\nc(-c3ccccc3)n3c2nc2ccccc23)cc1. The Morgan fingerprint density at radius 3 is 2.31 bits per heavy atom. The summed E-state index contributed by atoms with van der Waals surface area (Å²) in [6, 6.07) is 26.1. The molecule has 0 atom stereocenters. The van der Waals surface area contributed by atoms with Crippen molar-refractivity contribution in [2.24, 2.45) is 0 Å². The van der Waals surface area contributed by atoms with Crippen molar-refractivity contribution < 1.29 is 0 Å². The van der Waals surface area contributed by atoms with Crippen LogP contribution in [-0.2, 0) is 0 Å². The van der Waals surface area contributed by atoms with Crippen LogP contribution in [0.5, 0.6) is 0 Å². The lowest BCUT2D eigenvalue weighted by Crippen LogP contribution is -2.03. The van der Waals surface area contributed by atoms with Crippen LogP contribution in [0.3, 0.4) is 0 Å². The van der Waals surface area contributed by atoms with E-state index in [1.807, 2.05) is 66.7 Å². The van der Waals surface area contributed by atoms with Gasteiger partial charge in [-0.05, 0) is 35.9 Å². The number of fused-ring (bicyclic) bond motifs is 3. The second-order valence-corrected chi connectivity index (χ2v) is 6.58. The van der Waals surface area contributed by atoms with E-state index in [1.165, 1.54) is 0 Å². The first kappa shape index (κ1) is 15.1. The lowest BCUT2D eigenvalue weighted by molar-refractivity contribution is 1.22. The molecule has 3 aromatic carbocycles. The summed E-state index contributed by atoms with van der Waals surface area (Å²) in [6.45, 7) is 0. The molecule has 0 unspecified atom stereocenters. The highest BCUT2D eigenvalue weighted by Crippen LogP contribution is 2.23. The third-order valence-corrected chi connectivity index (χ3v) is 4.69. The summed E-state index contributed by atoms with van der Waals surface area (Å²) in [5, 5.41) is 1.57. The second-order valence-electron chi connectivity index (χ2n) is 6.14. The monoisotopic (exact) mass is 355 g/mol. The van der Waals surface area contributed by atoms with Crippen molar-refractivity contribution in [3.05, 3.63) is 94.8 Å². The zero-order valence-electron chi connectivity index (χ0n) is 13.8. The van der Waals surface area contributed by atoms with Gasteiger partial charge in [-0.25, -0.2) is 9.97 Å². The van der Waals surface area contributed by atoms with E-state index in [0.29, 0.717) is 0 Å². The van der Waals surface area contributed by atoms with E-state index in [9.17, 15) is 0 Å². The minimum absolute atomic E-state index is 0.722.